The van der Waals surface area contributed by atoms with Crippen LogP contribution in [0.2, 0.25) is 0 Å². The molecule has 0 bridgehead atoms. The largest absolute Gasteiger partial charge is 0.505 e. The van der Waals surface area contributed by atoms with Gasteiger partial charge in [0.25, 0.3) is 5.78 Å². The highest BCUT2D eigenvalue weighted by Gasteiger charge is 2.49. The van der Waals surface area contributed by atoms with Crippen LogP contribution >= 0.6 is 11.3 Å². The number of phenols is 1. The highest BCUT2D eigenvalue weighted by molar-refractivity contribution is 7.22. The molecule has 5 aromatic rings. The van der Waals surface area contributed by atoms with Gasteiger partial charge in [-0.1, -0.05) is 23.5 Å². The smallest absolute Gasteiger partial charge is 0.301 e. The van der Waals surface area contributed by atoms with Crippen LogP contribution in [0.4, 0.5) is 5.13 Å². The molecule has 1 aliphatic rings. The fourth-order valence-corrected chi connectivity index (χ4v) is 5.88. The van der Waals surface area contributed by atoms with Gasteiger partial charge in [-0.25, -0.2) is 9.97 Å². The number of aromatic nitrogens is 3. The van der Waals surface area contributed by atoms with Crippen LogP contribution in [0.15, 0.2) is 66.4 Å². The van der Waals surface area contributed by atoms with E-state index in [9.17, 15) is 19.8 Å². The molecule has 6 rings (SSSR count). The second-order valence-electron chi connectivity index (χ2n) is 8.91. The summed E-state index contributed by atoms with van der Waals surface area (Å²) in [6.07, 6.45) is 1.72. The van der Waals surface area contributed by atoms with Crippen molar-refractivity contribution >= 4 is 49.8 Å². The Labute approximate surface area is 226 Å². The first-order valence-corrected chi connectivity index (χ1v) is 12.7. The number of Topliss-reactive ketones (excluding diaryl/α,β-unsaturated/α-hetero) is 1. The summed E-state index contributed by atoms with van der Waals surface area (Å²) in [5, 5.41) is 22.2. The summed E-state index contributed by atoms with van der Waals surface area (Å²) < 4.78 is 13.0. The zero-order valence-corrected chi connectivity index (χ0v) is 21.9. The summed E-state index contributed by atoms with van der Waals surface area (Å²) >= 11 is 1.22. The summed E-state index contributed by atoms with van der Waals surface area (Å²) in [5.41, 5.74) is 2.30. The number of aryl methyl sites for hydroxylation is 1. The summed E-state index contributed by atoms with van der Waals surface area (Å²) in [5.74, 6) is -1.41. The van der Waals surface area contributed by atoms with Crippen molar-refractivity contribution in [1.29, 1.82) is 0 Å². The van der Waals surface area contributed by atoms with E-state index in [2.05, 4.69) is 9.97 Å². The van der Waals surface area contributed by atoms with Crippen LogP contribution in [0.1, 0.15) is 23.0 Å². The lowest BCUT2D eigenvalue weighted by Crippen LogP contribution is -2.29. The van der Waals surface area contributed by atoms with Crippen LogP contribution in [-0.2, 0) is 9.59 Å². The maximum absolute atomic E-state index is 13.6. The molecule has 1 atom stereocenters. The maximum Gasteiger partial charge on any atom is 0.301 e. The SMILES string of the molecule is COc1ccc2nc(N3C(=O)C(=O)/C(=C(/O)c4c(C)nc5ccccn45)C3c3ccc(O)c(OC)c3)sc2c1. The summed E-state index contributed by atoms with van der Waals surface area (Å²) in [6, 6.07) is 14.2. The van der Waals surface area contributed by atoms with E-state index in [-0.39, 0.29) is 28.0 Å². The first-order chi connectivity index (χ1) is 18.8. The summed E-state index contributed by atoms with van der Waals surface area (Å²) in [6.45, 7) is 1.72. The van der Waals surface area contributed by atoms with Gasteiger partial charge in [-0.2, -0.15) is 0 Å². The third-order valence-corrected chi connectivity index (χ3v) is 7.70. The zero-order chi connectivity index (χ0) is 27.4. The van der Waals surface area contributed by atoms with Crippen molar-refractivity contribution in [2.45, 2.75) is 13.0 Å². The van der Waals surface area contributed by atoms with Gasteiger partial charge in [0.05, 0.1) is 41.7 Å². The number of carbonyl (C=O) groups excluding carboxylic acids is 2. The van der Waals surface area contributed by atoms with Gasteiger partial charge in [-0.3, -0.25) is 18.9 Å². The van der Waals surface area contributed by atoms with Crippen molar-refractivity contribution in [2.24, 2.45) is 0 Å². The van der Waals surface area contributed by atoms with E-state index in [0.29, 0.717) is 33.9 Å². The Morgan fingerprint density at radius 1 is 1.03 bits per heavy atom. The number of thiazole rings is 1. The highest BCUT2D eigenvalue weighted by atomic mass is 32.1. The van der Waals surface area contributed by atoms with Crippen LogP contribution in [-0.4, -0.2) is 50.5 Å². The van der Waals surface area contributed by atoms with Crippen LogP contribution in [0.25, 0.3) is 21.6 Å². The molecule has 1 fully saturated rings. The Morgan fingerprint density at radius 3 is 2.62 bits per heavy atom. The Bertz CT molecular complexity index is 1840. The lowest BCUT2D eigenvalue weighted by atomic mass is 9.96. The third-order valence-electron chi connectivity index (χ3n) is 6.68. The van der Waals surface area contributed by atoms with Crippen molar-refractivity contribution in [3.05, 3.63) is 83.3 Å². The van der Waals surface area contributed by atoms with E-state index >= 15 is 0 Å². The second-order valence-corrected chi connectivity index (χ2v) is 9.91. The molecule has 3 aromatic heterocycles. The summed E-state index contributed by atoms with van der Waals surface area (Å²) in [7, 11) is 2.96. The number of hydrogen-bond acceptors (Lipinski definition) is 9. The number of aromatic hydroxyl groups is 1. The normalized spacial score (nSPS) is 16.9. The van der Waals surface area contributed by atoms with Gasteiger partial charge in [0.1, 0.15) is 17.1 Å². The number of nitrogens with zero attached hydrogens (tertiary/aromatic N) is 4. The number of rotatable bonds is 5. The molecule has 39 heavy (non-hydrogen) atoms. The number of hydrogen-bond donors (Lipinski definition) is 2. The number of ether oxygens (including phenoxy) is 2. The number of imidazole rings is 1. The molecule has 11 heteroatoms. The Morgan fingerprint density at radius 2 is 1.85 bits per heavy atom. The van der Waals surface area contributed by atoms with E-state index in [1.165, 1.54) is 35.5 Å². The number of ketones is 1. The molecule has 1 saturated heterocycles. The molecule has 0 saturated carbocycles. The number of anilines is 1. The average molecular weight is 543 g/mol. The van der Waals surface area contributed by atoms with E-state index in [4.69, 9.17) is 9.47 Å². The quantitative estimate of drug-likeness (QED) is 0.187. The van der Waals surface area contributed by atoms with Gasteiger partial charge in [-0.05, 0) is 55.0 Å². The minimum Gasteiger partial charge on any atom is -0.505 e. The van der Waals surface area contributed by atoms with E-state index in [1.807, 2.05) is 6.07 Å². The minimum atomic E-state index is -1.06. The molecule has 0 aliphatic carbocycles. The van der Waals surface area contributed by atoms with E-state index in [0.717, 1.165) is 4.70 Å². The number of aliphatic hydroxyl groups excluding tert-OH is 1. The number of aliphatic hydroxyl groups is 1. The van der Waals surface area contributed by atoms with Gasteiger partial charge in [0, 0.05) is 6.20 Å². The molecular weight excluding hydrogens is 520 g/mol. The second kappa shape index (κ2) is 9.14. The van der Waals surface area contributed by atoms with Crippen LogP contribution < -0.4 is 14.4 Å². The Balaban J connectivity index is 1.61. The highest BCUT2D eigenvalue weighted by Crippen LogP contribution is 2.46. The fourth-order valence-electron chi connectivity index (χ4n) is 4.86. The van der Waals surface area contributed by atoms with Gasteiger partial charge < -0.3 is 19.7 Å². The molecule has 4 heterocycles. The first-order valence-electron chi connectivity index (χ1n) is 11.9. The number of benzene rings is 2. The summed E-state index contributed by atoms with van der Waals surface area (Å²) in [4.78, 5) is 37.6. The molecule has 196 valence electrons. The zero-order valence-electron chi connectivity index (χ0n) is 21.1. The number of carbonyl (C=O) groups is 2. The number of pyridine rings is 1. The van der Waals surface area contributed by atoms with Crippen molar-refractivity contribution in [1.82, 2.24) is 14.4 Å². The van der Waals surface area contributed by atoms with Crippen molar-refractivity contribution < 1.29 is 29.3 Å². The van der Waals surface area contributed by atoms with Gasteiger partial charge in [0.15, 0.2) is 22.4 Å². The van der Waals surface area contributed by atoms with Gasteiger partial charge in [0.2, 0.25) is 0 Å². The number of phenolic OH excluding ortho intramolecular Hbond substituents is 1. The topological polar surface area (TPSA) is 126 Å². The maximum atomic E-state index is 13.6. The number of amides is 1. The molecule has 1 aliphatic heterocycles. The fraction of sp³-hybridized carbons (Fsp3) is 0.143. The van der Waals surface area contributed by atoms with E-state index < -0.39 is 17.7 Å². The monoisotopic (exact) mass is 542 g/mol. The third kappa shape index (κ3) is 3.77. The lowest BCUT2D eigenvalue weighted by molar-refractivity contribution is -0.132. The standard InChI is InChI=1S/C28H22N4O6S/c1-14-23(31-11-5-4-6-21(31)29-14)25(34)22-24(15-7-10-18(33)19(12-15)38-3)32(27(36)26(22)35)28-30-17-9-8-16(37-2)13-20(17)39-28/h4-13,24,33-34H,1-3H3/b25-22+. The molecule has 10 nitrogen and oxygen atoms in total. The van der Waals surface area contributed by atoms with Crippen molar-refractivity contribution in [3.8, 4) is 17.2 Å². The number of fused-ring (bicyclic) bond motifs is 2. The lowest BCUT2D eigenvalue weighted by Gasteiger charge is -2.23. The first kappa shape index (κ1) is 24.4. The predicted octanol–water partition coefficient (Wildman–Crippen LogP) is 4.60. The van der Waals surface area contributed by atoms with Crippen molar-refractivity contribution in [3.63, 3.8) is 0 Å². The molecular formula is C28H22N4O6S. The Hall–Kier alpha value is -4.90. The van der Waals surface area contributed by atoms with Crippen molar-refractivity contribution in [2.75, 3.05) is 19.1 Å². The van der Waals surface area contributed by atoms with Gasteiger partial charge >= 0.3 is 5.91 Å². The molecule has 1 unspecified atom stereocenters. The number of methoxy groups -OCH3 is 2. The van der Waals surface area contributed by atoms with E-state index in [1.54, 1.807) is 61.0 Å². The van der Waals surface area contributed by atoms with Gasteiger partial charge in [-0.15, -0.1) is 0 Å². The molecule has 2 aromatic carbocycles. The Kier molecular flexibility index (Phi) is 5.72. The molecule has 0 spiro atoms. The molecule has 1 amide bonds. The minimum absolute atomic E-state index is 0.108. The van der Waals surface area contributed by atoms with Crippen LogP contribution in [0.3, 0.4) is 0 Å². The molecule has 2 N–H and O–H groups in total. The van der Waals surface area contributed by atoms with Crippen LogP contribution in [0, 0.1) is 6.92 Å². The van der Waals surface area contributed by atoms with Crippen LogP contribution in [0.5, 0.6) is 17.2 Å². The predicted molar refractivity (Wildman–Crippen MR) is 146 cm³/mol. The average Bonchev–Trinajstić information content (AvgIpc) is 3.59. The molecule has 0 radical (unpaired) electrons.